The van der Waals surface area contributed by atoms with E-state index in [9.17, 15) is 4.79 Å². The Morgan fingerprint density at radius 1 is 1.24 bits per heavy atom. The lowest BCUT2D eigenvalue weighted by Crippen LogP contribution is -2.40. The highest BCUT2D eigenvalue weighted by Crippen LogP contribution is 2.29. The van der Waals surface area contributed by atoms with Crippen molar-refractivity contribution < 1.29 is 19.4 Å². The Bertz CT molecular complexity index is 408. The fourth-order valence-electron chi connectivity index (χ4n) is 1.42. The summed E-state index contributed by atoms with van der Waals surface area (Å²) in [4.78, 5) is 10.7. The molecule has 6 heteroatoms. The number of benzene rings is 1. The summed E-state index contributed by atoms with van der Waals surface area (Å²) < 4.78 is 10.2. The summed E-state index contributed by atoms with van der Waals surface area (Å²) in [5, 5.41) is 8.78. The predicted molar refractivity (Wildman–Crippen MR) is 62.1 cm³/mol. The van der Waals surface area contributed by atoms with Crippen molar-refractivity contribution in [3.05, 3.63) is 23.8 Å². The Morgan fingerprint density at radius 3 is 2.29 bits per heavy atom. The third kappa shape index (κ3) is 2.86. The van der Waals surface area contributed by atoms with E-state index in [0.29, 0.717) is 17.1 Å². The van der Waals surface area contributed by atoms with E-state index >= 15 is 0 Å². The maximum absolute atomic E-state index is 10.7. The van der Waals surface area contributed by atoms with Crippen molar-refractivity contribution in [3.8, 4) is 11.5 Å². The molecule has 0 bridgehead atoms. The molecule has 94 valence electrons. The Kier molecular flexibility index (Phi) is 4.30. The second-order valence-electron chi connectivity index (χ2n) is 3.50. The normalized spacial score (nSPS) is 13.9. The van der Waals surface area contributed by atoms with Gasteiger partial charge in [-0.25, -0.2) is 0 Å². The van der Waals surface area contributed by atoms with E-state index in [0.717, 1.165) is 0 Å². The Morgan fingerprint density at radius 2 is 1.82 bits per heavy atom. The standard InChI is InChI=1S/C11H16N2O4/c1-16-7-4-3-6(5-8(7)17-2)9(12)10(13)11(14)15/h3-5,9-10H,12-13H2,1-2H3,(H,14,15). The van der Waals surface area contributed by atoms with Gasteiger partial charge in [0.25, 0.3) is 0 Å². The van der Waals surface area contributed by atoms with Crippen molar-refractivity contribution in [2.24, 2.45) is 11.5 Å². The summed E-state index contributed by atoms with van der Waals surface area (Å²) >= 11 is 0. The molecule has 1 aromatic rings. The van der Waals surface area contributed by atoms with Crippen LogP contribution in [0, 0.1) is 0 Å². The highest BCUT2D eigenvalue weighted by atomic mass is 16.5. The fourth-order valence-corrected chi connectivity index (χ4v) is 1.42. The zero-order chi connectivity index (χ0) is 13.0. The molecule has 2 atom stereocenters. The minimum atomic E-state index is -1.16. The smallest absolute Gasteiger partial charge is 0.322 e. The summed E-state index contributed by atoms with van der Waals surface area (Å²) in [7, 11) is 3.00. The molecule has 0 aliphatic carbocycles. The average Bonchev–Trinajstić information content (AvgIpc) is 2.35. The van der Waals surface area contributed by atoms with Gasteiger partial charge in [-0.15, -0.1) is 0 Å². The van der Waals surface area contributed by atoms with E-state index in [4.69, 9.17) is 26.0 Å². The Balaban J connectivity index is 3.03. The van der Waals surface area contributed by atoms with Crippen LogP contribution in [-0.2, 0) is 4.79 Å². The van der Waals surface area contributed by atoms with Crippen LogP contribution in [0.3, 0.4) is 0 Å². The second-order valence-corrected chi connectivity index (χ2v) is 3.50. The lowest BCUT2D eigenvalue weighted by Gasteiger charge is -2.18. The predicted octanol–water partition coefficient (Wildman–Crippen LogP) is 0.116. The molecule has 0 radical (unpaired) electrons. The Labute approximate surface area is 99.1 Å². The van der Waals surface area contributed by atoms with E-state index in [1.165, 1.54) is 14.2 Å². The van der Waals surface area contributed by atoms with Gasteiger partial charge in [0.2, 0.25) is 0 Å². The van der Waals surface area contributed by atoms with Crippen molar-refractivity contribution in [1.29, 1.82) is 0 Å². The van der Waals surface area contributed by atoms with E-state index in [2.05, 4.69) is 0 Å². The largest absolute Gasteiger partial charge is 0.493 e. The SMILES string of the molecule is COc1ccc(C(N)C(N)C(=O)O)cc1OC. The van der Waals surface area contributed by atoms with Crippen LogP contribution in [0.5, 0.6) is 11.5 Å². The van der Waals surface area contributed by atoms with Gasteiger partial charge in [0.1, 0.15) is 6.04 Å². The van der Waals surface area contributed by atoms with Crippen molar-refractivity contribution in [3.63, 3.8) is 0 Å². The van der Waals surface area contributed by atoms with Crippen LogP contribution in [0.15, 0.2) is 18.2 Å². The minimum Gasteiger partial charge on any atom is -0.493 e. The lowest BCUT2D eigenvalue weighted by molar-refractivity contribution is -0.139. The fraction of sp³-hybridized carbons (Fsp3) is 0.364. The number of aliphatic carboxylic acids is 1. The number of carbonyl (C=O) groups is 1. The van der Waals surface area contributed by atoms with Gasteiger partial charge >= 0.3 is 5.97 Å². The number of hydrogen-bond acceptors (Lipinski definition) is 5. The minimum absolute atomic E-state index is 0.484. The van der Waals surface area contributed by atoms with Crippen LogP contribution in [0.2, 0.25) is 0 Å². The van der Waals surface area contributed by atoms with Crippen LogP contribution in [0.25, 0.3) is 0 Å². The molecule has 0 aliphatic rings. The van der Waals surface area contributed by atoms with Gasteiger partial charge in [-0.3, -0.25) is 4.79 Å². The van der Waals surface area contributed by atoms with Crippen LogP contribution in [0.4, 0.5) is 0 Å². The maximum atomic E-state index is 10.7. The number of carboxylic acid groups (broad SMARTS) is 1. The van der Waals surface area contributed by atoms with Gasteiger partial charge < -0.3 is 26.0 Å². The van der Waals surface area contributed by atoms with Gasteiger partial charge in [0.15, 0.2) is 11.5 Å². The Hall–Kier alpha value is -1.79. The monoisotopic (exact) mass is 240 g/mol. The molecule has 1 aromatic carbocycles. The highest BCUT2D eigenvalue weighted by molar-refractivity contribution is 5.74. The first-order valence-electron chi connectivity index (χ1n) is 4.97. The molecule has 17 heavy (non-hydrogen) atoms. The van der Waals surface area contributed by atoms with Crippen LogP contribution >= 0.6 is 0 Å². The van der Waals surface area contributed by atoms with Gasteiger partial charge in [-0.1, -0.05) is 6.07 Å². The molecule has 0 fully saturated rings. The molecule has 0 aliphatic heterocycles. The maximum Gasteiger partial charge on any atom is 0.322 e. The van der Waals surface area contributed by atoms with Crippen LogP contribution in [-0.4, -0.2) is 31.3 Å². The summed E-state index contributed by atoms with van der Waals surface area (Å²) in [5.74, 6) is -0.113. The van der Waals surface area contributed by atoms with Crippen molar-refractivity contribution >= 4 is 5.97 Å². The van der Waals surface area contributed by atoms with Crippen LogP contribution in [0.1, 0.15) is 11.6 Å². The lowest BCUT2D eigenvalue weighted by atomic mass is 10.0. The summed E-state index contributed by atoms with van der Waals surface area (Å²) in [6, 6.07) is 2.98. The van der Waals surface area contributed by atoms with Crippen molar-refractivity contribution in [1.82, 2.24) is 0 Å². The highest BCUT2D eigenvalue weighted by Gasteiger charge is 2.23. The topological polar surface area (TPSA) is 108 Å². The van der Waals surface area contributed by atoms with Gasteiger partial charge in [-0.05, 0) is 17.7 Å². The molecular weight excluding hydrogens is 224 g/mol. The molecule has 0 heterocycles. The number of methoxy groups -OCH3 is 2. The molecule has 0 spiro atoms. The number of hydrogen-bond donors (Lipinski definition) is 3. The van der Waals surface area contributed by atoms with E-state index in [-0.39, 0.29) is 0 Å². The number of ether oxygens (including phenoxy) is 2. The van der Waals surface area contributed by atoms with E-state index in [1.807, 2.05) is 0 Å². The first-order valence-corrected chi connectivity index (χ1v) is 4.97. The molecule has 0 amide bonds. The quantitative estimate of drug-likeness (QED) is 0.674. The third-order valence-corrected chi connectivity index (χ3v) is 2.46. The van der Waals surface area contributed by atoms with Crippen LogP contribution < -0.4 is 20.9 Å². The average molecular weight is 240 g/mol. The first-order chi connectivity index (χ1) is 8.01. The summed E-state index contributed by atoms with van der Waals surface area (Å²) in [5.41, 5.74) is 11.8. The molecule has 0 saturated heterocycles. The number of carboxylic acids is 1. The third-order valence-electron chi connectivity index (χ3n) is 2.46. The molecule has 2 unspecified atom stereocenters. The molecular formula is C11H16N2O4. The summed E-state index contributed by atoms with van der Waals surface area (Å²) in [6.07, 6.45) is 0. The number of rotatable bonds is 5. The summed E-state index contributed by atoms with van der Waals surface area (Å²) in [6.45, 7) is 0. The van der Waals surface area contributed by atoms with Crippen molar-refractivity contribution in [2.45, 2.75) is 12.1 Å². The molecule has 5 N–H and O–H groups in total. The molecule has 6 nitrogen and oxygen atoms in total. The zero-order valence-electron chi connectivity index (χ0n) is 9.71. The van der Waals surface area contributed by atoms with Gasteiger partial charge in [0.05, 0.1) is 20.3 Å². The molecule has 1 rings (SSSR count). The molecule has 0 aromatic heterocycles. The number of nitrogens with two attached hydrogens (primary N) is 2. The van der Waals surface area contributed by atoms with E-state index in [1.54, 1.807) is 18.2 Å². The van der Waals surface area contributed by atoms with Crippen molar-refractivity contribution in [2.75, 3.05) is 14.2 Å². The van der Waals surface area contributed by atoms with Gasteiger partial charge in [-0.2, -0.15) is 0 Å². The zero-order valence-corrected chi connectivity index (χ0v) is 9.71. The second kappa shape index (κ2) is 5.51. The van der Waals surface area contributed by atoms with Gasteiger partial charge in [0, 0.05) is 0 Å². The molecule has 0 saturated carbocycles. The van der Waals surface area contributed by atoms with E-state index < -0.39 is 18.1 Å². The first kappa shape index (κ1) is 13.3.